The van der Waals surface area contributed by atoms with Gasteiger partial charge in [0.05, 0.1) is 17.9 Å². The lowest BCUT2D eigenvalue weighted by Crippen LogP contribution is -2.31. The molecule has 5 heteroatoms. The van der Waals surface area contributed by atoms with Crippen molar-refractivity contribution in [1.29, 1.82) is 0 Å². The summed E-state index contributed by atoms with van der Waals surface area (Å²) in [6.45, 7) is 2.43. The maximum atomic E-state index is 11.3. The van der Waals surface area contributed by atoms with Gasteiger partial charge in [-0.2, -0.15) is 0 Å². The molecule has 1 saturated heterocycles. The van der Waals surface area contributed by atoms with Gasteiger partial charge in [0.2, 0.25) is 0 Å². The minimum absolute atomic E-state index is 0.327. The summed E-state index contributed by atoms with van der Waals surface area (Å²) in [5.41, 5.74) is 1.08. The van der Waals surface area contributed by atoms with Crippen LogP contribution in [0.25, 0.3) is 0 Å². The predicted octanol–water partition coefficient (Wildman–Crippen LogP) is 3.01. The Bertz CT molecular complexity index is 458. The molecular weight excluding hydrogens is 310 g/mol. The Morgan fingerprint density at radius 3 is 3.00 bits per heavy atom. The second kappa shape index (κ2) is 6.39. The van der Waals surface area contributed by atoms with Crippen LogP contribution in [0, 0.1) is 5.92 Å². The average molecular weight is 328 g/mol. The molecule has 1 N–H and O–H groups in total. The highest BCUT2D eigenvalue weighted by Gasteiger charge is 2.19. The molecule has 0 spiro atoms. The van der Waals surface area contributed by atoms with E-state index < -0.39 is 5.97 Å². The van der Waals surface area contributed by atoms with Crippen molar-refractivity contribution in [3.8, 4) is 0 Å². The van der Waals surface area contributed by atoms with Crippen molar-refractivity contribution < 1.29 is 14.6 Å². The molecule has 104 valence electrons. The summed E-state index contributed by atoms with van der Waals surface area (Å²) >= 11 is 3.31. The van der Waals surface area contributed by atoms with Crippen LogP contribution in [0.4, 0.5) is 5.69 Å². The second-order valence-corrected chi connectivity index (χ2v) is 5.85. The summed E-state index contributed by atoms with van der Waals surface area (Å²) in [5.74, 6) is -0.424. The van der Waals surface area contributed by atoms with E-state index in [1.165, 1.54) is 0 Å². The van der Waals surface area contributed by atoms with Crippen molar-refractivity contribution in [2.24, 2.45) is 5.92 Å². The maximum Gasteiger partial charge on any atom is 0.337 e. The molecule has 0 aromatic heterocycles. The Labute approximate surface area is 121 Å². The predicted molar refractivity (Wildman–Crippen MR) is 77.9 cm³/mol. The van der Waals surface area contributed by atoms with Crippen molar-refractivity contribution in [3.63, 3.8) is 0 Å². The van der Waals surface area contributed by atoms with Crippen LogP contribution in [-0.4, -0.2) is 37.9 Å². The average Bonchev–Trinajstić information content (AvgIpc) is 2.39. The number of ether oxygens (including phenoxy) is 1. The van der Waals surface area contributed by atoms with Gasteiger partial charge in [0.15, 0.2) is 0 Å². The fraction of sp³-hybridized carbons (Fsp3) is 0.500. The molecule has 0 amide bonds. The van der Waals surface area contributed by atoms with Crippen LogP contribution in [0.3, 0.4) is 0 Å². The van der Waals surface area contributed by atoms with Crippen LogP contribution in [0.15, 0.2) is 22.7 Å². The van der Waals surface area contributed by atoms with E-state index in [2.05, 4.69) is 15.9 Å². The monoisotopic (exact) mass is 327 g/mol. The van der Waals surface area contributed by atoms with Crippen LogP contribution in [0.5, 0.6) is 0 Å². The first-order valence-electron chi connectivity index (χ1n) is 6.39. The van der Waals surface area contributed by atoms with Gasteiger partial charge in [0.25, 0.3) is 0 Å². The normalized spacial score (nSPS) is 19.2. The van der Waals surface area contributed by atoms with Gasteiger partial charge in [-0.15, -0.1) is 0 Å². The van der Waals surface area contributed by atoms with E-state index in [-0.39, 0.29) is 0 Å². The molecule has 1 aliphatic rings. The van der Waals surface area contributed by atoms with E-state index in [0.717, 1.165) is 42.8 Å². The highest BCUT2D eigenvalue weighted by molar-refractivity contribution is 9.10. The molecule has 4 nitrogen and oxygen atoms in total. The summed E-state index contributed by atoms with van der Waals surface area (Å²) in [6.07, 6.45) is 2.23. The number of benzene rings is 1. The molecule has 1 atom stereocenters. The van der Waals surface area contributed by atoms with E-state index >= 15 is 0 Å². The van der Waals surface area contributed by atoms with Crippen molar-refractivity contribution in [1.82, 2.24) is 0 Å². The lowest BCUT2D eigenvalue weighted by atomic mass is 10.0. The third-order valence-electron chi connectivity index (χ3n) is 3.39. The molecule has 1 aromatic carbocycles. The van der Waals surface area contributed by atoms with Crippen LogP contribution < -0.4 is 4.90 Å². The Kier molecular flexibility index (Phi) is 4.82. The zero-order valence-corrected chi connectivity index (χ0v) is 12.5. The zero-order chi connectivity index (χ0) is 13.8. The Morgan fingerprint density at radius 1 is 1.58 bits per heavy atom. The van der Waals surface area contributed by atoms with Gasteiger partial charge in [-0.1, -0.05) is 15.9 Å². The molecule has 0 saturated carbocycles. The third kappa shape index (κ3) is 3.70. The first-order valence-corrected chi connectivity index (χ1v) is 7.19. The number of nitrogens with zero attached hydrogens (tertiary/aromatic N) is 1. The van der Waals surface area contributed by atoms with Crippen molar-refractivity contribution in [2.75, 3.05) is 31.7 Å². The number of aromatic carboxylic acids is 1. The summed E-state index contributed by atoms with van der Waals surface area (Å²) in [7, 11) is 1.93. The quantitative estimate of drug-likeness (QED) is 0.923. The molecule has 0 bridgehead atoms. The molecular formula is C14H18BrNO3. The standard InChI is InChI=1S/C14H18BrNO3/c1-16(8-10-3-2-6-19-9-10)13-5-4-11(15)7-12(13)14(17)18/h4-5,7,10H,2-3,6,8-9H2,1H3,(H,17,18). The van der Waals surface area contributed by atoms with Gasteiger partial charge in [0.1, 0.15) is 0 Å². The Morgan fingerprint density at radius 2 is 2.37 bits per heavy atom. The highest BCUT2D eigenvalue weighted by atomic mass is 79.9. The summed E-state index contributed by atoms with van der Waals surface area (Å²) in [5, 5.41) is 9.27. The zero-order valence-electron chi connectivity index (χ0n) is 10.9. The smallest absolute Gasteiger partial charge is 0.337 e. The summed E-state index contributed by atoms with van der Waals surface area (Å²) < 4.78 is 6.25. The van der Waals surface area contributed by atoms with Gasteiger partial charge in [-0.3, -0.25) is 0 Å². The number of anilines is 1. The highest BCUT2D eigenvalue weighted by Crippen LogP contribution is 2.26. The Balaban J connectivity index is 2.13. The fourth-order valence-corrected chi connectivity index (χ4v) is 2.81. The molecule has 1 aliphatic heterocycles. The largest absolute Gasteiger partial charge is 0.478 e. The lowest BCUT2D eigenvalue weighted by Gasteiger charge is -2.29. The molecule has 1 heterocycles. The SMILES string of the molecule is CN(CC1CCCOC1)c1ccc(Br)cc1C(=O)O. The number of hydrogen-bond donors (Lipinski definition) is 1. The van der Waals surface area contributed by atoms with Gasteiger partial charge < -0.3 is 14.7 Å². The van der Waals surface area contributed by atoms with E-state index in [1.807, 2.05) is 24.1 Å². The van der Waals surface area contributed by atoms with Crippen LogP contribution in [0.1, 0.15) is 23.2 Å². The van der Waals surface area contributed by atoms with Crippen molar-refractivity contribution >= 4 is 27.6 Å². The van der Waals surface area contributed by atoms with E-state index in [0.29, 0.717) is 11.5 Å². The lowest BCUT2D eigenvalue weighted by molar-refractivity contribution is 0.0576. The number of carbonyl (C=O) groups is 1. The molecule has 1 aromatic rings. The van der Waals surface area contributed by atoms with Crippen LogP contribution in [0.2, 0.25) is 0 Å². The minimum atomic E-state index is -0.900. The number of carboxylic acid groups (broad SMARTS) is 1. The topological polar surface area (TPSA) is 49.8 Å². The molecule has 1 unspecified atom stereocenters. The summed E-state index contributed by atoms with van der Waals surface area (Å²) in [6, 6.07) is 5.36. The maximum absolute atomic E-state index is 11.3. The number of halogens is 1. The number of rotatable bonds is 4. The van der Waals surface area contributed by atoms with E-state index in [4.69, 9.17) is 4.74 Å². The van der Waals surface area contributed by atoms with Crippen LogP contribution >= 0.6 is 15.9 Å². The molecule has 0 radical (unpaired) electrons. The second-order valence-electron chi connectivity index (χ2n) is 4.93. The molecule has 1 fully saturated rings. The van der Waals surface area contributed by atoms with E-state index in [9.17, 15) is 9.90 Å². The van der Waals surface area contributed by atoms with Gasteiger partial charge in [-0.25, -0.2) is 4.79 Å². The first kappa shape index (κ1) is 14.3. The van der Waals surface area contributed by atoms with Gasteiger partial charge >= 0.3 is 5.97 Å². The fourth-order valence-electron chi connectivity index (χ4n) is 2.45. The Hall–Kier alpha value is -1.07. The number of carboxylic acids is 1. The molecule has 19 heavy (non-hydrogen) atoms. The van der Waals surface area contributed by atoms with Crippen LogP contribution in [-0.2, 0) is 4.74 Å². The minimum Gasteiger partial charge on any atom is -0.478 e. The third-order valence-corrected chi connectivity index (χ3v) is 3.88. The van der Waals surface area contributed by atoms with Crippen molar-refractivity contribution in [3.05, 3.63) is 28.2 Å². The van der Waals surface area contributed by atoms with Gasteiger partial charge in [-0.05, 0) is 37.0 Å². The van der Waals surface area contributed by atoms with Gasteiger partial charge in [0, 0.05) is 24.7 Å². The molecule has 0 aliphatic carbocycles. The summed E-state index contributed by atoms with van der Waals surface area (Å²) in [4.78, 5) is 13.3. The number of hydrogen-bond acceptors (Lipinski definition) is 3. The van der Waals surface area contributed by atoms with E-state index in [1.54, 1.807) is 6.07 Å². The molecule has 2 rings (SSSR count). The first-order chi connectivity index (χ1) is 9.08. The van der Waals surface area contributed by atoms with Crippen molar-refractivity contribution in [2.45, 2.75) is 12.8 Å².